The lowest BCUT2D eigenvalue weighted by molar-refractivity contribution is 0.0746. The molecule has 2 heterocycles. The molecule has 3 aromatic rings. The zero-order valence-electron chi connectivity index (χ0n) is 18.2. The summed E-state index contributed by atoms with van der Waals surface area (Å²) in [5.74, 6) is -1.58. The van der Waals surface area contributed by atoms with Crippen LogP contribution in [0.1, 0.15) is 16.1 Å². The summed E-state index contributed by atoms with van der Waals surface area (Å²) < 4.78 is 36.1. The summed E-state index contributed by atoms with van der Waals surface area (Å²) in [6.45, 7) is 1.53. The first kappa shape index (κ1) is 23.8. The van der Waals surface area contributed by atoms with Crippen LogP contribution in [-0.2, 0) is 11.3 Å². The Morgan fingerprint density at radius 2 is 1.79 bits per heavy atom. The normalized spacial score (nSPS) is 13.6. The first-order chi connectivity index (χ1) is 16.4. The van der Waals surface area contributed by atoms with Crippen molar-refractivity contribution in [3.8, 4) is 5.69 Å². The summed E-state index contributed by atoms with van der Waals surface area (Å²) in [6, 6.07) is 9.03. The van der Waals surface area contributed by atoms with E-state index in [0.29, 0.717) is 42.5 Å². The summed E-state index contributed by atoms with van der Waals surface area (Å²) in [6.07, 6.45) is 1.54. The van der Waals surface area contributed by atoms with Gasteiger partial charge in [-0.15, -0.1) is 5.10 Å². The van der Waals surface area contributed by atoms with Crippen LogP contribution in [0.25, 0.3) is 5.69 Å². The van der Waals surface area contributed by atoms with Gasteiger partial charge in [-0.25, -0.2) is 13.5 Å². The molecule has 2 aromatic carbocycles. The second kappa shape index (κ2) is 10.3. The molecule has 0 unspecified atom stereocenters. The number of amides is 1. The second-order valence-corrected chi connectivity index (χ2v) is 8.35. The largest absolute Gasteiger partial charge is 0.474 e. The topological polar surface area (TPSA) is 75.5 Å². The number of carbonyl (C=O) groups excluding carboxylic acids is 1. The van der Waals surface area contributed by atoms with E-state index >= 15 is 0 Å². The number of nitrogens with one attached hydrogen (secondary N) is 1. The Kier molecular flexibility index (Phi) is 7.23. The number of methoxy groups -OCH3 is 1. The molecule has 1 N–H and O–H groups in total. The second-order valence-electron chi connectivity index (χ2n) is 7.54. The van der Waals surface area contributed by atoms with Gasteiger partial charge in [-0.2, -0.15) is 0 Å². The molecule has 34 heavy (non-hydrogen) atoms. The van der Waals surface area contributed by atoms with Crippen molar-refractivity contribution in [2.24, 2.45) is 0 Å². The molecule has 178 valence electrons. The third kappa shape index (κ3) is 5.26. The molecule has 0 radical (unpaired) electrons. The Balaban J connectivity index is 1.43. The highest BCUT2D eigenvalue weighted by molar-refractivity contribution is 7.80. The molecule has 1 aliphatic rings. The number of halogens is 3. The summed E-state index contributed by atoms with van der Waals surface area (Å²) in [4.78, 5) is 15.9. The minimum Gasteiger partial charge on any atom is -0.474 e. The quantitative estimate of drug-likeness (QED) is 0.533. The Bertz CT molecular complexity index is 1180. The maximum Gasteiger partial charge on any atom is 0.256 e. The van der Waals surface area contributed by atoms with Gasteiger partial charge in [-0.1, -0.05) is 16.8 Å². The number of nitrogens with zero attached hydrogens (tertiary/aromatic N) is 5. The molecular formula is C22H21ClF2N6O2S. The minimum atomic E-state index is -0.719. The number of ether oxygens (including phenoxy) is 1. The van der Waals surface area contributed by atoms with E-state index in [-0.39, 0.29) is 29.0 Å². The lowest BCUT2D eigenvalue weighted by atomic mass is 10.1. The molecule has 0 bridgehead atoms. The fraction of sp³-hybridized carbons (Fsp3) is 0.273. The van der Waals surface area contributed by atoms with Gasteiger partial charge in [0.05, 0.1) is 25.5 Å². The number of hydrogen-bond donors (Lipinski definition) is 1. The number of thiocarbonyl (C=S) groups is 1. The van der Waals surface area contributed by atoms with Gasteiger partial charge in [0.1, 0.15) is 11.4 Å². The van der Waals surface area contributed by atoms with Gasteiger partial charge in [0, 0.05) is 48.9 Å². The van der Waals surface area contributed by atoms with Gasteiger partial charge in [0.25, 0.3) is 11.1 Å². The smallest absolute Gasteiger partial charge is 0.256 e. The monoisotopic (exact) mass is 506 g/mol. The van der Waals surface area contributed by atoms with Crippen LogP contribution < -0.4 is 10.2 Å². The molecule has 1 aromatic heterocycles. The average Bonchev–Trinajstić information content (AvgIpc) is 3.32. The summed E-state index contributed by atoms with van der Waals surface area (Å²) in [5, 5.41) is 11.4. The lowest BCUT2D eigenvalue weighted by Crippen LogP contribution is -2.49. The van der Waals surface area contributed by atoms with E-state index in [2.05, 4.69) is 15.6 Å². The number of rotatable bonds is 5. The highest BCUT2D eigenvalue weighted by Crippen LogP contribution is 2.28. The third-order valence-corrected chi connectivity index (χ3v) is 5.94. The highest BCUT2D eigenvalue weighted by Gasteiger charge is 2.26. The number of anilines is 1. The lowest BCUT2D eigenvalue weighted by Gasteiger charge is -2.36. The molecule has 8 nitrogen and oxygen atoms in total. The van der Waals surface area contributed by atoms with Gasteiger partial charge < -0.3 is 19.9 Å². The SMILES string of the molecule is COC(=S)NCc1cn(-c2cc(F)c(N3CCN(C(=O)c4ccc(Cl)cc4)CC3)c(F)c2)nn1. The first-order valence-corrected chi connectivity index (χ1v) is 11.2. The predicted octanol–water partition coefficient (Wildman–Crippen LogP) is 3.18. The Hall–Kier alpha value is -3.31. The van der Waals surface area contributed by atoms with Crippen LogP contribution in [0, 0.1) is 11.6 Å². The van der Waals surface area contributed by atoms with E-state index in [1.165, 1.54) is 23.9 Å². The van der Waals surface area contributed by atoms with Gasteiger partial charge in [-0.3, -0.25) is 4.79 Å². The molecule has 0 atom stereocenters. The molecule has 0 aliphatic carbocycles. The standard InChI is InChI=1S/C22H21ClF2N6O2S/c1-33-22(34)26-12-16-13-31(28-27-16)17-10-18(24)20(19(25)11-17)29-6-8-30(9-7-29)21(32)14-2-4-15(23)5-3-14/h2-5,10-11,13H,6-9,12H2,1H3,(H,26,34). The maximum atomic E-state index is 15.0. The van der Waals surface area contributed by atoms with Crippen LogP contribution >= 0.6 is 23.8 Å². The molecule has 0 saturated carbocycles. The average molecular weight is 507 g/mol. The van der Waals surface area contributed by atoms with Crippen molar-refractivity contribution in [2.75, 3.05) is 38.2 Å². The number of piperazine rings is 1. The third-order valence-electron chi connectivity index (χ3n) is 5.38. The zero-order valence-corrected chi connectivity index (χ0v) is 19.7. The summed E-state index contributed by atoms with van der Waals surface area (Å²) in [7, 11) is 1.44. The predicted molar refractivity (Wildman–Crippen MR) is 127 cm³/mol. The van der Waals surface area contributed by atoms with Crippen LogP contribution in [0.3, 0.4) is 0 Å². The van der Waals surface area contributed by atoms with Gasteiger partial charge in [0.2, 0.25) is 0 Å². The molecule has 0 spiro atoms. The van der Waals surface area contributed by atoms with Crippen LogP contribution in [-0.4, -0.2) is 64.3 Å². The van der Waals surface area contributed by atoms with Crippen LogP contribution in [0.15, 0.2) is 42.6 Å². The molecule has 12 heteroatoms. The van der Waals surface area contributed by atoms with E-state index in [1.807, 2.05) is 0 Å². The molecule has 1 aliphatic heterocycles. The van der Waals surface area contributed by atoms with E-state index in [9.17, 15) is 13.6 Å². The van der Waals surface area contributed by atoms with E-state index in [4.69, 9.17) is 28.6 Å². The number of hydrogen-bond acceptors (Lipinski definition) is 6. The van der Waals surface area contributed by atoms with Crippen LogP contribution in [0.5, 0.6) is 0 Å². The molecule has 4 rings (SSSR count). The zero-order chi connectivity index (χ0) is 24.2. The van der Waals surface area contributed by atoms with Crippen LogP contribution in [0.4, 0.5) is 14.5 Å². The minimum absolute atomic E-state index is 0.130. The van der Waals surface area contributed by atoms with Crippen molar-refractivity contribution < 1.29 is 18.3 Å². The maximum absolute atomic E-state index is 15.0. The molecular weight excluding hydrogens is 486 g/mol. The fourth-order valence-corrected chi connectivity index (χ4v) is 3.83. The Morgan fingerprint density at radius 1 is 1.15 bits per heavy atom. The molecule has 1 fully saturated rings. The Morgan fingerprint density at radius 3 is 2.41 bits per heavy atom. The Labute approximate surface area is 205 Å². The van der Waals surface area contributed by atoms with Crippen molar-refractivity contribution in [3.05, 3.63) is 70.5 Å². The number of benzene rings is 2. The van der Waals surface area contributed by atoms with Crippen molar-refractivity contribution in [1.82, 2.24) is 25.2 Å². The van der Waals surface area contributed by atoms with E-state index in [0.717, 1.165) is 0 Å². The number of carbonyl (C=O) groups is 1. The molecule has 1 amide bonds. The number of aromatic nitrogens is 3. The highest BCUT2D eigenvalue weighted by atomic mass is 35.5. The van der Waals surface area contributed by atoms with E-state index < -0.39 is 11.6 Å². The van der Waals surface area contributed by atoms with Gasteiger partial charge in [-0.05, 0) is 36.5 Å². The summed E-state index contributed by atoms with van der Waals surface area (Å²) in [5.41, 5.74) is 1.11. The van der Waals surface area contributed by atoms with Crippen molar-refractivity contribution >= 4 is 40.6 Å². The van der Waals surface area contributed by atoms with Crippen molar-refractivity contribution in [1.29, 1.82) is 0 Å². The van der Waals surface area contributed by atoms with Crippen molar-refractivity contribution in [3.63, 3.8) is 0 Å². The van der Waals surface area contributed by atoms with Crippen molar-refractivity contribution in [2.45, 2.75) is 6.54 Å². The van der Waals surface area contributed by atoms with E-state index in [1.54, 1.807) is 40.3 Å². The first-order valence-electron chi connectivity index (χ1n) is 10.4. The summed E-state index contributed by atoms with van der Waals surface area (Å²) >= 11 is 10.8. The fourth-order valence-electron chi connectivity index (χ4n) is 3.64. The van der Waals surface area contributed by atoms with Gasteiger partial charge in [0.15, 0.2) is 11.6 Å². The molecule has 1 saturated heterocycles. The van der Waals surface area contributed by atoms with Crippen LogP contribution in [0.2, 0.25) is 5.02 Å². The van der Waals surface area contributed by atoms with Gasteiger partial charge >= 0.3 is 0 Å².